The zero-order valence-corrected chi connectivity index (χ0v) is 22.5. The molecule has 3 fully saturated rings. The number of aliphatic hydroxyl groups is 1. The van der Waals surface area contributed by atoms with Crippen molar-refractivity contribution in [2.75, 3.05) is 63.4 Å². The van der Waals surface area contributed by atoms with Crippen LogP contribution in [0.1, 0.15) is 51.4 Å². The molecule has 3 heterocycles. The van der Waals surface area contributed by atoms with Gasteiger partial charge in [-0.1, -0.05) is 31.4 Å². The minimum atomic E-state index is -0.559. The average Bonchev–Trinajstić information content (AvgIpc) is 3.40. The second-order valence-electron chi connectivity index (χ2n) is 11.2. The van der Waals surface area contributed by atoms with Crippen molar-refractivity contribution in [3.8, 4) is 17.1 Å². The maximum Gasteiger partial charge on any atom is 0.163 e. The largest absolute Gasteiger partial charge is 0.491 e. The minimum Gasteiger partial charge on any atom is -0.491 e. The normalized spacial score (nSPS) is 20.8. The number of aromatic nitrogens is 2. The zero-order valence-electron chi connectivity index (χ0n) is 22.5. The summed E-state index contributed by atoms with van der Waals surface area (Å²) in [6, 6.07) is 10.6. The quantitative estimate of drug-likeness (QED) is 0.527. The maximum atomic E-state index is 10.0. The van der Waals surface area contributed by atoms with Crippen molar-refractivity contribution >= 4 is 11.6 Å². The van der Waals surface area contributed by atoms with Crippen LogP contribution in [0.15, 0.2) is 30.3 Å². The van der Waals surface area contributed by atoms with Gasteiger partial charge < -0.3 is 29.7 Å². The molecular formula is C29H43N5O3. The Morgan fingerprint density at radius 1 is 1.16 bits per heavy atom. The summed E-state index contributed by atoms with van der Waals surface area (Å²) in [5.74, 6) is 3.44. The lowest BCUT2D eigenvalue weighted by molar-refractivity contribution is 0.108. The number of piperidine rings is 1. The molecule has 37 heavy (non-hydrogen) atoms. The van der Waals surface area contributed by atoms with Crippen LogP contribution in [0.25, 0.3) is 11.4 Å². The van der Waals surface area contributed by atoms with Crippen molar-refractivity contribution in [2.24, 2.45) is 5.41 Å². The number of aliphatic hydroxyl groups excluding tert-OH is 1. The summed E-state index contributed by atoms with van der Waals surface area (Å²) >= 11 is 0. The van der Waals surface area contributed by atoms with Crippen molar-refractivity contribution in [1.82, 2.24) is 15.3 Å². The molecule has 0 amide bonds. The third-order valence-corrected chi connectivity index (χ3v) is 8.49. The Hall–Kier alpha value is -2.42. The van der Waals surface area contributed by atoms with E-state index in [4.69, 9.17) is 19.4 Å². The number of anilines is 2. The smallest absolute Gasteiger partial charge is 0.163 e. The molecule has 2 aromatic rings. The Morgan fingerprint density at radius 3 is 2.70 bits per heavy atom. The summed E-state index contributed by atoms with van der Waals surface area (Å²) in [6.07, 6.45) is 9.27. The maximum absolute atomic E-state index is 10.0. The number of benzene rings is 1. The summed E-state index contributed by atoms with van der Waals surface area (Å²) in [7, 11) is 4.01. The molecule has 8 nitrogen and oxygen atoms in total. The predicted octanol–water partition coefficient (Wildman–Crippen LogP) is 3.88. The summed E-state index contributed by atoms with van der Waals surface area (Å²) in [5.41, 5.74) is 1.29. The van der Waals surface area contributed by atoms with E-state index >= 15 is 0 Å². The van der Waals surface area contributed by atoms with Crippen LogP contribution < -0.4 is 19.9 Å². The van der Waals surface area contributed by atoms with E-state index in [2.05, 4.69) is 28.2 Å². The van der Waals surface area contributed by atoms with E-state index in [9.17, 15) is 5.11 Å². The summed E-state index contributed by atoms with van der Waals surface area (Å²) in [6.45, 7) is 4.53. The molecule has 0 bridgehead atoms. The Kier molecular flexibility index (Phi) is 8.47. The number of nitrogens with zero attached hydrogens (tertiary/aromatic N) is 4. The molecule has 1 saturated carbocycles. The molecule has 202 valence electrons. The highest BCUT2D eigenvalue weighted by atomic mass is 16.5. The van der Waals surface area contributed by atoms with Crippen LogP contribution in [0.2, 0.25) is 0 Å². The standard InChI is InChI=1S/C29H43N5O3/c1-30-19-24(35)20-37-25-10-6-7-22(17-25)28-31-26(33(2)23-8-4-3-5-9-23)18-27(32-28)34-14-11-29(12-15-34)13-16-36-21-29/h6-7,10,17-18,23-24,30,35H,3-5,8-9,11-16,19-21H2,1-2H3. The van der Waals surface area contributed by atoms with Gasteiger partial charge in [-0.25, -0.2) is 9.97 Å². The first kappa shape index (κ1) is 26.2. The molecule has 1 atom stereocenters. The molecule has 1 aromatic carbocycles. The van der Waals surface area contributed by atoms with Crippen molar-refractivity contribution in [3.63, 3.8) is 0 Å². The third kappa shape index (κ3) is 6.36. The monoisotopic (exact) mass is 509 g/mol. The molecule has 1 aromatic heterocycles. The van der Waals surface area contributed by atoms with Crippen LogP contribution in [-0.4, -0.2) is 80.8 Å². The number of likely N-dealkylation sites (N-methyl/N-ethyl adjacent to an activating group) is 1. The highest BCUT2D eigenvalue weighted by Crippen LogP contribution is 2.40. The minimum absolute atomic E-state index is 0.236. The van der Waals surface area contributed by atoms with E-state index in [1.165, 1.54) is 38.5 Å². The van der Waals surface area contributed by atoms with Crippen molar-refractivity contribution < 1.29 is 14.6 Å². The van der Waals surface area contributed by atoms with Gasteiger partial charge in [-0.05, 0) is 56.7 Å². The molecule has 2 saturated heterocycles. The van der Waals surface area contributed by atoms with Gasteiger partial charge in [-0.2, -0.15) is 0 Å². The lowest BCUT2D eigenvalue weighted by Gasteiger charge is -2.39. The molecule has 0 radical (unpaired) electrons. The first-order chi connectivity index (χ1) is 18.0. The van der Waals surface area contributed by atoms with Gasteiger partial charge in [0.25, 0.3) is 0 Å². The molecular weight excluding hydrogens is 466 g/mol. The van der Waals surface area contributed by atoms with Crippen molar-refractivity contribution in [3.05, 3.63) is 30.3 Å². The number of rotatable bonds is 9. The van der Waals surface area contributed by atoms with E-state index in [-0.39, 0.29) is 6.61 Å². The predicted molar refractivity (Wildman–Crippen MR) is 147 cm³/mol. The van der Waals surface area contributed by atoms with Crippen LogP contribution in [0.5, 0.6) is 5.75 Å². The lowest BCUT2D eigenvalue weighted by atomic mass is 9.78. The Balaban J connectivity index is 1.40. The topological polar surface area (TPSA) is 83.0 Å². The van der Waals surface area contributed by atoms with Gasteiger partial charge in [0.15, 0.2) is 5.82 Å². The zero-order chi connectivity index (χ0) is 25.7. The Bertz CT molecular complexity index is 1010. The summed E-state index contributed by atoms with van der Waals surface area (Å²) in [4.78, 5) is 14.9. The average molecular weight is 510 g/mol. The van der Waals surface area contributed by atoms with Gasteiger partial charge in [0.2, 0.25) is 0 Å². The van der Waals surface area contributed by atoms with Crippen LogP contribution in [0.3, 0.4) is 0 Å². The van der Waals surface area contributed by atoms with Crippen molar-refractivity contribution in [2.45, 2.75) is 63.5 Å². The summed E-state index contributed by atoms with van der Waals surface area (Å²) < 4.78 is 11.6. The fraction of sp³-hybridized carbons (Fsp3) is 0.655. The highest BCUT2D eigenvalue weighted by molar-refractivity contribution is 5.64. The molecule has 1 aliphatic carbocycles. The Labute approximate surface area is 221 Å². The molecule has 1 unspecified atom stereocenters. The fourth-order valence-electron chi connectivity index (χ4n) is 6.02. The second kappa shape index (κ2) is 12.0. The van der Waals surface area contributed by atoms with Gasteiger partial charge in [-0.15, -0.1) is 0 Å². The third-order valence-electron chi connectivity index (χ3n) is 8.49. The Morgan fingerprint density at radius 2 is 1.97 bits per heavy atom. The van der Waals surface area contributed by atoms with Crippen LogP contribution >= 0.6 is 0 Å². The number of ether oxygens (including phenoxy) is 2. The molecule has 2 aliphatic heterocycles. The second-order valence-corrected chi connectivity index (χ2v) is 11.2. The number of nitrogens with one attached hydrogen (secondary N) is 1. The molecule has 2 N–H and O–H groups in total. The number of hydrogen-bond donors (Lipinski definition) is 2. The molecule has 5 rings (SSSR count). The summed E-state index contributed by atoms with van der Waals surface area (Å²) in [5, 5.41) is 13.0. The van der Waals surface area contributed by atoms with Gasteiger partial charge in [0.05, 0.1) is 6.61 Å². The highest BCUT2D eigenvalue weighted by Gasteiger charge is 2.38. The van der Waals surface area contributed by atoms with Crippen LogP contribution in [-0.2, 0) is 4.74 Å². The number of hydrogen-bond acceptors (Lipinski definition) is 8. The molecule has 8 heteroatoms. The first-order valence-corrected chi connectivity index (χ1v) is 14.1. The van der Waals surface area contributed by atoms with Crippen molar-refractivity contribution in [1.29, 1.82) is 0 Å². The lowest BCUT2D eigenvalue weighted by Crippen LogP contribution is -2.41. The van der Waals surface area contributed by atoms with E-state index in [0.29, 0.717) is 23.8 Å². The molecule has 3 aliphatic rings. The van der Waals surface area contributed by atoms with Gasteiger partial charge in [0, 0.05) is 51.0 Å². The van der Waals surface area contributed by atoms with E-state index in [1.807, 2.05) is 31.3 Å². The van der Waals surface area contributed by atoms with Crippen LogP contribution in [0, 0.1) is 5.41 Å². The SMILES string of the molecule is CNCC(O)COc1cccc(-c2nc(N3CCC4(CCOC4)CC3)cc(N(C)C3CCCCC3)n2)c1. The van der Waals surface area contributed by atoms with E-state index in [1.54, 1.807) is 0 Å². The first-order valence-electron chi connectivity index (χ1n) is 14.1. The van der Waals surface area contributed by atoms with Gasteiger partial charge in [0.1, 0.15) is 30.1 Å². The van der Waals surface area contributed by atoms with Gasteiger partial charge in [-0.3, -0.25) is 0 Å². The molecule has 1 spiro atoms. The van der Waals surface area contributed by atoms with E-state index < -0.39 is 6.10 Å². The van der Waals surface area contributed by atoms with E-state index in [0.717, 1.165) is 62.2 Å². The fourth-order valence-corrected chi connectivity index (χ4v) is 6.02. The van der Waals surface area contributed by atoms with Crippen LogP contribution in [0.4, 0.5) is 11.6 Å². The van der Waals surface area contributed by atoms with Gasteiger partial charge >= 0.3 is 0 Å².